The molecule has 0 N–H and O–H groups in total. The number of fused-ring (bicyclic) bond motifs is 5. The predicted octanol–water partition coefficient (Wildman–Crippen LogP) is 12.0. The number of thiophene rings is 1. The van der Waals surface area contributed by atoms with Gasteiger partial charge in [0.2, 0.25) is 0 Å². The van der Waals surface area contributed by atoms with E-state index in [4.69, 9.17) is 15.0 Å². The number of hydrogen-bond acceptors (Lipinski definition) is 4. The summed E-state index contributed by atoms with van der Waals surface area (Å²) in [5, 5.41) is 6.00. The average Bonchev–Trinajstić information content (AvgIpc) is 3.77. The summed E-state index contributed by atoms with van der Waals surface area (Å²) in [6.45, 7) is 0. The van der Waals surface area contributed by atoms with Gasteiger partial charge in [-0.3, -0.25) is 0 Å². The van der Waals surface area contributed by atoms with Gasteiger partial charge in [-0.15, -0.1) is 11.3 Å². The number of aromatic nitrogens is 4. The molecule has 10 rings (SSSR count). The van der Waals surface area contributed by atoms with Crippen molar-refractivity contribution in [1.82, 2.24) is 19.5 Å². The highest BCUT2D eigenvalue weighted by Gasteiger charge is 2.17. The van der Waals surface area contributed by atoms with Gasteiger partial charge in [0.05, 0.1) is 15.9 Å². The molecule has 0 atom stereocenters. The summed E-state index contributed by atoms with van der Waals surface area (Å²) in [5.41, 5.74) is 7.70. The van der Waals surface area contributed by atoms with E-state index in [2.05, 4.69) is 174 Å². The van der Waals surface area contributed by atoms with Crippen molar-refractivity contribution in [3.63, 3.8) is 0 Å². The third kappa shape index (κ3) is 4.79. The van der Waals surface area contributed by atoms with Crippen molar-refractivity contribution in [3.05, 3.63) is 170 Å². The molecule has 3 heterocycles. The molecule has 0 aliphatic heterocycles. The molecule has 0 fully saturated rings. The number of hydrogen-bond donors (Lipinski definition) is 0. The zero-order valence-corrected chi connectivity index (χ0v) is 27.7. The second kappa shape index (κ2) is 11.6. The van der Waals surface area contributed by atoms with Gasteiger partial charge in [0.25, 0.3) is 0 Å². The fourth-order valence-electron chi connectivity index (χ4n) is 7.08. The number of nitrogens with zero attached hydrogens (tertiary/aromatic N) is 4. The SMILES string of the molecule is c1ccc(-n2c3ccccc3c3cc(-c4nc(-c5ccc(-c6cccc7ccccc67)cc5)nc(-c5cc6ccccc6s5)n4)ccc32)cc1. The van der Waals surface area contributed by atoms with Crippen LogP contribution in [0, 0.1) is 0 Å². The monoisotopic (exact) mass is 656 g/mol. The van der Waals surface area contributed by atoms with E-state index >= 15 is 0 Å². The third-order valence-electron chi connectivity index (χ3n) is 9.47. The first-order valence-corrected chi connectivity index (χ1v) is 17.5. The average molecular weight is 657 g/mol. The summed E-state index contributed by atoms with van der Waals surface area (Å²) in [5.74, 6) is 1.98. The maximum Gasteiger partial charge on any atom is 0.174 e. The van der Waals surface area contributed by atoms with Crippen LogP contribution in [-0.2, 0) is 0 Å². The van der Waals surface area contributed by atoms with Crippen molar-refractivity contribution in [1.29, 1.82) is 0 Å². The molecule has 50 heavy (non-hydrogen) atoms. The van der Waals surface area contributed by atoms with Gasteiger partial charge in [0.15, 0.2) is 17.5 Å². The van der Waals surface area contributed by atoms with E-state index in [1.165, 1.54) is 37.3 Å². The summed E-state index contributed by atoms with van der Waals surface area (Å²) in [6, 6.07) is 59.9. The van der Waals surface area contributed by atoms with Gasteiger partial charge in [0, 0.05) is 32.3 Å². The van der Waals surface area contributed by atoms with E-state index in [1.54, 1.807) is 11.3 Å². The smallest absolute Gasteiger partial charge is 0.174 e. The van der Waals surface area contributed by atoms with Crippen molar-refractivity contribution in [2.24, 2.45) is 0 Å². The van der Waals surface area contributed by atoms with Crippen LogP contribution in [0.15, 0.2) is 170 Å². The number of benzene rings is 7. The van der Waals surface area contributed by atoms with Crippen molar-refractivity contribution >= 4 is 54.0 Å². The second-order valence-corrected chi connectivity index (χ2v) is 13.6. The predicted molar refractivity (Wildman–Crippen MR) is 209 cm³/mol. The highest BCUT2D eigenvalue weighted by Crippen LogP contribution is 2.37. The van der Waals surface area contributed by atoms with Gasteiger partial charge < -0.3 is 4.57 Å². The lowest BCUT2D eigenvalue weighted by Crippen LogP contribution is -1.99. The van der Waals surface area contributed by atoms with E-state index in [1.807, 2.05) is 0 Å². The Kier molecular flexibility index (Phi) is 6.64. The van der Waals surface area contributed by atoms with Crippen LogP contribution in [0.2, 0.25) is 0 Å². The zero-order chi connectivity index (χ0) is 33.0. The third-order valence-corrected chi connectivity index (χ3v) is 10.6. The molecule has 10 aromatic rings. The van der Waals surface area contributed by atoms with Gasteiger partial charge in [-0.25, -0.2) is 15.0 Å². The summed E-state index contributed by atoms with van der Waals surface area (Å²) in [7, 11) is 0. The Morgan fingerprint density at radius 1 is 0.400 bits per heavy atom. The molecule has 3 aromatic heterocycles. The molecule has 4 nitrogen and oxygen atoms in total. The minimum Gasteiger partial charge on any atom is -0.309 e. The summed E-state index contributed by atoms with van der Waals surface area (Å²) >= 11 is 1.71. The van der Waals surface area contributed by atoms with E-state index in [0.717, 1.165) is 38.2 Å². The molecule has 0 aliphatic carbocycles. The maximum absolute atomic E-state index is 5.13. The van der Waals surface area contributed by atoms with E-state index in [-0.39, 0.29) is 0 Å². The van der Waals surface area contributed by atoms with Gasteiger partial charge in [-0.1, -0.05) is 121 Å². The summed E-state index contributed by atoms with van der Waals surface area (Å²) < 4.78 is 3.54. The van der Waals surface area contributed by atoms with Gasteiger partial charge in [-0.05, 0) is 75.8 Å². The molecule has 0 saturated carbocycles. The first kappa shape index (κ1) is 28.6. The van der Waals surface area contributed by atoms with Gasteiger partial charge >= 0.3 is 0 Å². The van der Waals surface area contributed by atoms with Crippen LogP contribution in [0.3, 0.4) is 0 Å². The molecule has 0 radical (unpaired) electrons. The lowest BCUT2D eigenvalue weighted by atomic mass is 9.97. The first-order chi connectivity index (χ1) is 24.8. The molecule has 0 unspecified atom stereocenters. The molecule has 7 aromatic carbocycles. The topological polar surface area (TPSA) is 43.6 Å². The minimum absolute atomic E-state index is 0.652. The quantitative estimate of drug-likeness (QED) is 0.185. The molecule has 0 aliphatic rings. The highest BCUT2D eigenvalue weighted by atomic mass is 32.1. The first-order valence-electron chi connectivity index (χ1n) is 16.7. The summed E-state index contributed by atoms with van der Waals surface area (Å²) in [6.07, 6.45) is 0. The Bertz CT molecular complexity index is 2830. The molecular weight excluding hydrogens is 629 g/mol. The number of para-hydroxylation sites is 2. The van der Waals surface area contributed by atoms with Crippen LogP contribution in [0.25, 0.3) is 93.0 Å². The molecule has 0 spiro atoms. The Morgan fingerprint density at radius 3 is 1.86 bits per heavy atom. The molecule has 5 heteroatoms. The maximum atomic E-state index is 5.13. The van der Waals surface area contributed by atoms with Crippen LogP contribution in [0.1, 0.15) is 0 Å². The van der Waals surface area contributed by atoms with E-state index in [0.29, 0.717) is 17.5 Å². The molecule has 0 bridgehead atoms. The van der Waals surface area contributed by atoms with Crippen molar-refractivity contribution < 1.29 is 0 Å². The lowest BCUT2D eigenvalue weighted by molar-refractivity contribution is 1.08. The Balaban J connectivity index is 1.14. The van der Waals surface area contributed by atoms with Crippen LogP contribution in [-0.4, -0.2) is 19.5 Å². The molecule has 0 amide bonds. The zero-order valence-electron chi connectivity index (χ0n) is 26.9. The van der Waals surface area contributed by atoms with Crippen LogP contribution >= 0.6 is 11.3 Å². The van der Waals surface area contributed by atoms with Gasteiger partial charge in [0.1, 0.15) is 0 Å². The minimum atomic E-state index is 0.652. The van der Waals surface area contributed by atoms with E-state index in [9.17, 15) is 0 Å². The van der Waals surface area contributed by atoms with Crippen molar-refractivity contribution in [2.45, 2.75) is 0 Å². The number of rotatable bonds is 5. The van der Waals surface area contributed by atoms with Crippen LogP contribution < -0.4 is 0 Å². The Labute approximate surface area is 292 Å². The van der Waals surface area contributed by atoms with Crippen LogP contribution in [0.5, 0.6) is 0 Å². The van der Waals surface area contributed by atoms with Crippen LogP contribution in [0.4, 0.5) is 0 Å². The largest absolute Gasteiger partial charge is 0.309 e. The fraction of sp³-hybridized carbons (Fsp3) is 0. The fourth-order valence-corrected chi connectivity index (χ4v) is 8.08. The van der Waals surface area contributed by atoms with Gasteiger partial charge in [-0.2, -0.15) is 0 Å². The van der Waals surface area contributed by atoms with E-state index < -0.39 is 0 Å². The normalized spacial score (nSPS) is 11.6. The lowest BCUT2D eigenvalue weighted by Gasteiger charge is -2.10. The Morgan fingerprint density at radius 2 is 1.02 bits per heavy atom. The molecule has 0 saturated heterocycles. The molecular formula is C45H28N4S. The Hall–Kier alpha value is -6.43. The van der Waals surface area contributed by atoms with Crippen molar-refractivity contribution in [2.75, 3.05) is 0 Å². The standard InChI is InChI=1S/C45H28N4S/c1-2-14-34(15-3-1)49-39-19-8-7-17-37(39)38-27-33(25-26-40(38)49)44-46-43(47-45(48-44)42-28-32-12-5-9-20-41(32)50-42)31-23-21-30(22-24-31)36-18-10-13-29-11-4-6-16-35(29)36/h1-28H. The van der Waals surface area contributed by atoms with Crippen molar-refractivity contribution in [3.8, 4) is 50.3 Å². The molecule has 234 valence electrons. The summed E-state index contributed by atoms with van der Waals surface area (Å²) in [4.78, 5) is 16.4. The second-order valence-electron chi connectivity index (χ2n) is 12.5. The highest BCUT2D eigenvalue weighted by molar-refractivity contribution is 7.22.